The number of hydrogen-bond acceptors (Lipinski definition) is 8. The molecule has 3 heterocycles. The van der Waals surface area contributed by atoms with Crippen LogP contribution in [0.3, 0.4) is 0 Å². The highest BCUT2D eigenvalue weighted by atomic mass is 35.5. The molecule has 0 amide bonds. The number of nitrogens with zero attached hydrogens (tertiary/aromatic N) is 4. The first-order valence-electron chi connectivity index (χ1n) is 10.2. The third-order valence-electron chi connectivity index (χ3n) is 5.47. The van der Waals surface area contributed by atoms with E-state index in [1.165, 1.54) is 11.3 Å². The number of piperazine rings is 1. The van der Waals surface area contributed by atoms with E-state index in [-0.39, 0.29) is 6.42 Å². The summed E-state index contributed by atoms with van der Waals surface area (Å²) in [5.41, 5.74) is 1.84. The lowest BCUT2D eigenvalue weighted by molar-refractivity contribution is -0.136. The molecule has 0 bridgehead atoms. The number of benzene rings is 1. The first kappa shape index (κ1) is 22.8. The van der Waals surface area contributed by atoms with Crippen molar-refractivity contribution in [1.82, 2.24) is 14.9 Å². The molecule has 31 heavy (non-hydrogen) atoms. The number of aromatic nitrogens is 2. The summed E-state index contributed by atoms with van der Waals surface area (Å²) in [6.07, 6.45) is 0.0536. The van der Waals surface area contributed by atoms with Gasteiger partial charge in [0.2, 0.25) is 0 Å². The van der Waals surface area contributed by atoms with Crippen LogP contribution in [0, 0.1) is 6.92 Å². The number of fused-ring (bicyclic) bond motifs is 1. The minimum Gasteiger partial charge on any atom is -0.481 e. The van der Waals surface area contributed by atoms with Gasteiger partial charge < -0.3 is 10.0 Å². The first-order valence-corrected chi connectivity index (χ1v) is 13.2. The molecule has 0 unspecified atom stereocenters. The molecule has 2 aromatic heterocycles. The Kier molecular flexibility index (Phi) is 7.07. The van der Waals surface area contributed by atoms with E-state index >= 15 is 0 Å². The van der Waals surface area contributed by atoms with E-state index in [1.807, 2.05) is 25.1 Å². The number of aliphatic carboxylic acids is 1. The molecular formula is C21H25ClN4O2S3. The van der Waals surface area contributed by atoms with Gasteiger partial charge in [-0.3, -0.25) is 9.69 Å². The standard InChI is InChI=1S/C21H25ClN4O2S3/c1-12-10-25(20-24-16-5-4-15(22)8-18(16)30-20)11-13(2)26(12)6-7-29-21-23-14(3)17(31-21)9-19(27)28/h4-5,8,12-13H,6-7,9-11H2,1-3H3,(H,27,28)/t12-,13+. The van der Waals surface area contributed by atoms with E-state index in [2.05, 4.69) is 28.6 Å². The fraction of sp³-hybridized carbons (Fsp3) is 0.476. The van der Waals surface area contributed by atoms with Gasteiger partial charge in [-0.2, -0.15) is 0 Å². The molecule has 2 atom stereocenters. The van der Waals surface area contributed by atoms with E-state index in [0.717, 1.165) is 60.7 Å². The summed E-state index contributed by atoms with van der Waals surface area (Å²) < 4.78 is 2.09. The van der Waals surface area contributed by atoms with Crippen molar-refractivity contribution in [2.24, 2.45) is 0 Å². The largest absolute Gasteiger partial charge is 0.481 e. The van der Waals surface area contributed by atoms with E-state index in [4.69, 9.17) is 21.7 Å². The van der Waals surface area contributed by atoms with E-state index in [1.54, 1.807) is 23.1 Å². The third kappa shape index (κ3) is 5.34. The van der Waals surface area contributed by atoms with Crippen molar-refractivity contribution < 1.29 is 9.90 Å². The molecule has 0 saturated carbocycles. The summed E-state index contributed by atoms with van der Waals surface area (Å²) in [7, 11) is 0. The summed E-state index contributed by atoms with van der Waals surface area (Å²) in [4.78, 5) is 26.1. The van der Waals surface area contributed by atoms with Gasteiger partial charge in [-0.15, -0.1) is 11.3 Å². The molecule has 1 aromatic carbocycles. The summed E-state index contributed by atoms with van der Waals surface area (Å²) in [6.45, 7) is 9.30. The van der Waals surface area contributed by atoms with Crippen LogP contribution in [0.1, 0.15) is 24.4 Å². The van der Waals surface area contributed by atoms with Crippen LogP contribution >= 0.6 is 46.0 Å². The highest BCUT2D eigenvalue weighted by molar-refractivity contribution is 8.01. The van der Waals surface area contributed by atoms with E-state index in [0.29, 0.717) is 12.1 Å². The van der Waals surface area contributed by atoms with Crippen LogP contribution in [0.15, 0.2) is 22.5 Å². The van der Waals surface area contributed by atoms with Crippen LogP contribution in [-0.2, 0) is 11.2 Å². The van der Waals surface area contributed by atoms with Crippen LogP contribution in [0.4, 0.5) is 5.13 Å². The van der Waals surface area contributed by atoms with Crippen molar-refractivity contribution in [2.75, 3.05) is 30.3 Å². The molecule has 1 saturated heterocycles. The van der Waals surface area contributed by atoms with Crippen LogP contribution in [0.5, 0.6) is 0 Å². The predicted octanol–water partition coefficient (Wildman–Crippen LogP) is 5.03. The van der Waals surface area contributed by atoms with Crippen LogP contribution in [0.2, 0.25) is 5.02 Å². The quantitative estimate of drug-likeness (QED) is 0.460. The second-order valence-electron chi connectivity index (χ2n) is 7.86. The molecule has 0 spiro atoms. The van der Waals surface area contributed by atoms with Gasteiger partial charge in [-0.25, -0.2) is 9.97 Å². The summed E-state index contributed by atoms with van der Waals surface area (Å²) in [5.74, 6) is 0.133. The highest BCUT2D eigenvalue weighted by Crippen LogP contribution is 2.33. The number of carboxylic acid groups (broad SMARTS) is 1. The van der Waals surface area contributed by atoms with Gasteiger partial charge in [0, 0.05) is 47.4 Å². The lowest BCUT2D eigenvalue weighted by Crippen LogP contribution is -2.57. The Hall–Kier alpha value is -1.39. The summed E-state index contributed by atoms with van der Waals surface area (Å²) >= 11 is 11.1. The number of carbonyl (C=O) groups is 1. The second kappa shape index (κ2) is 9.62. The molecule has 0 radical (unpaired) electrons. The Labute approximate surface area is 199 Å². The van der Waals surface area contributed by atoms with Crippen molar-refractivity contribution in [2.45, 2.75) is 43.6 Å². The zero-order valence-corrected chi connectivity index (χ0v) is 20.9. The summed E-state index contributed by atoms with van der Waals surface area (Å²) in [6, 6.07) is 6.70. The Morgan fingerprint density at radius 1 is 1.26 bits per heavy atom. The van der Waals surface area contributed by atoms with Crippen molar-refractivity contribution in [1.29, 1.82) is 0 Å². The first-order chi connectivity index (χ1) is 14.8. The second-order valence-corrected chi connectivity index (χ2v) is 11.7. The van der Waals surface area contributed by atoms with Gasteiger partial charge >= 0.3 is 5.97 Å². The van der Waals surface area contributed by atoms with Gasteiger partial charge in [0.25, 0.3) is 0 Å². The van der Waals surface area contributed by atoms with Crippen molar-refractivity contribution >= 4 is 67.4 Å². The third-order valence-corrected chi connectivity index (χ3v) is 9.07. The fourth-order valence-electron chi connectivity index (χ4n) is 3.98. The fourth-order valence-corrected chi connectivity index (χ4v) is 7.49. The number of thiazole rings is 2. The molecule has 3 aromatic rings. The number of rotatable bonds is 7. The molecule has 1 aliphatic heterocycles. The molecule has 1 N–H and O–H groups in total. The van der Waals surface area contributed by atoms with E-state index in [9.17, 15) is 4.79 Å². The number of aryl methyl sites for hydroxylation is 1. The zero-order chi connectivity index (χ0) is 22.1. The minimum absolute atomic E-state index is 0.0536. The Bertz CT molecular complexity index is 1070. The monoisotopic (exact) mass is 496 g/mol. The Balaban J connectivity index is 1.34. The van der Waals surface area contributed by atoms with Gasteiger partial charge in [0.15, 0.2) is 5.13 Å². The number of halogens is 1. The number of thioether (sulfide) groups is 1. The smallest absolute Gasteiger partial charge is 0.308 e. The van der Waals surface area contributed by atoms with Crippen molar-refractivity contribution in [3.05, 3.63) is 33.8 Å². The SMILES string of the molecule is Cc1nc(SCCN2[C@H](C)CN(c3nc4ccc(Cl)cc4s3)C[C@@H]2C)sc1CC(=O)O. The maximum Gasteiger partial charge on any atom is 0.308 e. The Morgan fingerprint density at radius 3 is 2.71 bits per heavy atom. The molecule has 4 rings (SSSR count). The molecule has 10 heteroatoms. The molecule has 6 nitrogen and oxygen atoms in total. The lowest BCUT2D eigenvalue weighted by Gasteiger charge is -2.44. The maximum absolute atomic E-state index is 11.0. The zero-order valence-electron chi connectivity index (χ0n) is 17.7. The average Bonchev–Trinajstić information content (AvgIpc) is 3.26. The van der Waals surface area contributed by atoms with E-state index < -0.39 is 5.97 Å². The maximum atomic E-state index is 11.0. The Morgan fingerprint density at radius 2 is 2.00 bits per heavy atom. The van der Waals surface area contributed by atoms with Crippen molar-refractivity contribution in [3.63, 3.8) is 0 Å². The molecule has 166 valence electrons. The predicted molar refractivity (Wildman–Crippen MR) is 131 cm³/mol. The van der Waals surface area contributed by atoms with Crippen molar-refractivity contribution in [3.8, 4) is 0 Å². The van der Waals surface area contributed by atoms with Crippen LogP contribution < -0.4 is 4.90 Å². The molecular weight excluding hydrogens is 472 g/mol. The molecule has 1 aliphatic rings. The summed E-state index contributed by atoms with van der Waals surface area (Å²) in [5, 5.41) is 10.8. The number of hydrogen-bond donors (Lipinski definition) is 1. The van der Waals surface area contributed by atoms with Gasteiger partial charge in [0.05, 0.1) is 22.3 Å². The van der Waals surface area contributed by atoms with Gasteiger partial charge in [-0.1, -0.05) is 34.7 Å². The van der Waals surface area contributed by atoms with Gasteiger partial charge in [0.1, 0.15) is 4.34 Å². The number of anilines is 1. The van der Waals surface area contributed by atoms with Crippen LogP contribution in [0.25, 0.3) is 10.2 Å². The minimum atomic E-state index is -0.806. The average molecular weight is 497 g/mol. The van der Waals surface area contributed by atoms with Crippen LogP contribution in [-0.4, -0.2) is 63.4 Å². The van der Waals surface area contributed by atoms with Gasteiger partial charge in [-0.05, 0) is 39.0 Å². The number of carboxylic acids is 1. The molecule has 1 fully saturated rings. The topological polar surface area (TPSA) is 69.6 Å². The highest BCUT2D eigenvalue weighted by Gasteiger charge is 2.30. The normalized spacial score (nSPS) is 19.9. The molecule has 0 aliphatic carbocycles. The lowest BCUT2D eigenvalue weighted by atomic mass is 10.1.